The van der Waals surface area contributed by atoms with E-state index < -0.39 is 0 Å². The summed E-state index contributed by atoms with van der Waals surface area (Å²) in [6, 6.07) is 12.7. The molecule has 2 aromatic heterocycles. The molecule has 3 aromatic rings. The van der Waals surface area contributed by atoms with E-state index in [2.05, 4.69) is 69.9 Å². The second kappa shape index (κ2) is 8.45. The fourth-order valence-corrected chi connectivity index (χ4v) is 4.50. The molecule has 31 heavy (non-hydrogen) atoms. The normalized spacial score (nSPS) is 15.7. The van der Waals surface area contributed by atoms with Crippen molar-refractivity contribution in [1.82, 2.24) is 19.5 Å². The molecule has 0 bridgehead atoms. The van der Waals surface area contributed by atoms with Gasteiger partial charge in [0.2, 0.25) is 0 Å². The highest BCUT2D eigenvalue weighted by Gasteiger charge is 2.28. The molecule has 1 aromatic carbocycles. The van der Waals surface area contributed by atoms with Crippen molar-refractivity contribution in [3.05, 3.63) is 65.1 Å². The lowest BCUT2D eigenvalue weighted by Gasteiger charge is -2.32. The number of hydrogen-bond donors (Lipinski definition) is 0. The topological polar surface area (TPSA) is 50.5 Å². The van der Waals surface area contributed by atoms with Crippen LogP contribution in [0.1, 0.15) is 80.7 Å². The van der Waals surface area contributed by atoms with E-state index in [1.54, 1.807) is 6.20 Å². The number of rotatable bonds is 4. The maximum atomic E-state index is 13.5. The van der Waals surface area contributed by atoms with Gasteiger partial charge in [-0.25, -0.2) is 9.50 Å². The number of likely N-dealkylation sites (tertiary alicyclic amines) is 1. The Morgan fingerprint density at radius 2 is 1.81 bits per heavy atom. The Hall–Kier alpha value is -2.69. The number of hydrogen-bond acceptors (Lipinski definition) is 3. The summed E-state index contributed by atoms with van der Waals surface area (Å²) in [6.07, 6.45) is 4.94. The monoisotopic (exact) mass is 418 g/mol. The average Bonchev–Trinajstić information content (AvgIpc) is 3.18. The molecule has 0 N–H and O–H groups in total. The summed E-state index contributed by atoms with van der Waals surface area (Å²) in [7, 11) is 0. The van der Waals surface area contributed by atoms with Crippen molar-refractivity contribution in [1.29, 1.82) is 0 Å². The molecule has 0 unspecified atom stereocenters. The van der Waals surface area contributed by atoms with Gasteiger partial charge in [-0.05, 0) is 36.7 Å². The van der Waals surface area contributed by atoms with E-state index in [-0.39, 0.29) is 17.2 Å². The third-order valence-corrected chi connectivity index (χ3v) is 6.34. The van der Waals surface area contributed by atoms with E-state index in [1.165, 1.54) is 5.56 Å². The molecule has 3 heterocycles. The first-order valence-electron chi connectivity index (χ1n) is 11.5. The van der Waals surface area contributed by atoms with Crippen LogP contribution < -0.4 is 0 Å². The minimum absolute atomic E-state index is 0.0627. The summed E-state index contributed by atoms with van der Waals surface area (Å²) < 4.78 is 1.89. The van der Waals surface area contributed by atoms with Crippen molar-refractivity contribution in [2.24, 2.45) is 5.92 Å². The molecule has 1 aliphatic heterocycles. The SMILES string of the molecule is CC(C)c1c(C(=O)N2CCC(Cc3ccccc3)CC2)cnc2cc(C(C)(C)C)nn12. The molecule has 1 saturated heterocycles. The first kappa shape index (κ1) is 21.5. The molecule has 164 valence electrons. The van der Waals surface area contributed by atoms with E-state index in [0.29, 0.717) is 11.5 Å². The summed E-state index contributed by atoms with van der Waals surface area (Å²) in [6.45, 7) is 12.3. The standard InChI is InChI=1S/C26H34N4O/c1-18(2)24-21(17-27-23-16-22(26(3,4)5)28-30(23)24)25(31)29-13-11-20(12-14-29)15-19-9-7-6-8-10-19/h6-10,16-18,20H,11-15H2,1-5H3. The van der Waals surface area contributed by atoms with Gasteiger partial charge in [0.15, 0.2) is 5.65 Å². The maximum absolute atomic E-state index is 13.5. The number of fused-ring (bicyclic) bond motifs is 1. The summed E-state index contributed by atoms with van der Waals surface area (Å²) in [5.74, 6) is 0.897. The Bertz CT molecular complexity index is 1050. The van der Waals surface area contributed by atoms with Crippen LogP contribution in [0.25, 0.3) is 5.65 Å². The van der Waals surface area contributed by atoms with Crippen LogP contribution in [0.2, 0.25) is 0 Å². The van der Waals surface area contributed by atoms with Gasteiger partial charge in [0.1, 0.15) is 0 Å². The highest BCUT2D eigenvalue weighted by atomic mass is 16.2. The molecule has 5 nitrogen and oxygen atoms in total. The van der Waals surface area contributed by atoms with Gasteiger partial charge in [-0.3, -0.25) is 4.79 Å². The van der Waals surface area contributed by atoms with Crippen molar-refractivity contribution in [3.63, 3.8) is 0 Å². The number of amides is 1. The van der Waals surface area contributed by atoms with Gasteiger partial charge in [0.25, 0.3) is 5.91 Å². The Labute approximate surface area is 185 Å². The third-order valence-electron chi connectivity index (χ3n) is 6.34. The maximum Gasteiger partial charge on any atom is 0.257 e. The van der Waals surface area contributed by atoms with Gasteiger partial charge in [0.05, 0.1) is 17.0 Å². The first-order valence-corrected chi connectivity index (χ1v) is 11.5. The Balaban J connectivity index is 1.54. The Morgan fingerprint density at radius 1 is 1.13 bits per heavy atom. The molecule has 1 aliphatic rings. The fourth-order valence-electron chi connectivity index (χ4n) is 4.50. The van der Waals surface area contributed by atoms with Crippen molar-refractivity contribution >= 4 is 11.6 Å². The number of carbonyl (C=O) groups excluding carboxylic acids is 1. The quantitative estimate of drug-likeness (QED) is 0.582. The lowest BCUT2D eigenvalue weighted by molar-refractivity contribution is 0.0687. The van der Waals surface area contributed by atoms with Crippen LogP contribution in [0.15, 0.2) is 42.6 Å². The van der Waals surface area contributed by atoms with Gasteiger partial charge in [-0.2, -0.15) is 5.10 Å². The zero-order valence-corrected chi connectivity index (χ0v) is 19.4. The van der Waals surface area contributed by atoms with Gasteiger partial charge in [-0.15, -0.1) is 0 Å². The molecule has 1 amide bonds. The molecule has 0 saturated carbocycles. The molecule has 5 heteroatoms. The molecule has 0 radical (unpaired) electrons. The highest BCUT2D eigenvalue weighted by molar-refractivity contribution is 5.95. The second-order valence-corrected chi connectivity index (χ2v) is 10.2. The van der Waals surface area contributed by atoms with Gasteiger partial charge >= 0.3 is 0 Å². The number of carbonyl (C=O) groups is 1. The minimum Gasteiger partial charge on any atom is -0.339 e. The van der Waals surface area contributed by atoms with Crippen LogP contribution in [-0.4, -0.2) is 38.5 Å². The molecular formula is C26H34N4O. The zero-order valence-electron chi connectivity index (χ0n) is 19.4. The summed E-state index contributed by atoms with van der Waals surface area (Å²) in [4.78, 5) is 20.1. The lowest BCUT2D eigenvalue weighted by atomic mass is 9.90. The van der Waals surface area contributed by atoms with Crippen LogP contribution in [0.3, 0.4) is 0 Å². The predicted molar refractivity (Wildman–Crippen MR) is 125 cm³/mol. The molecule has 1 fully saturated rings. The fraction of sp³-hybridized carbons (Fsp3) is 0.500. The zero-order chi connectivity index (χ0) is 22.2. The smallest absolute Gasteiger partial charge is 0.257 e. The van der Waals surface area contributed by atoms with E-state index in [9.17, 15) is 4.79 Å². The van der Waals surface area contributed by atoms with Crippen molar-refractivity contribution in [2.45, 2.75) is 65.2 Å². The lowest BCUT2D eigenvalue weighted by Crippen LogP contribution is -2.39. The molecular weight excluding hydrogens is 384 g/mol. The number of nitrogens with zero attached hydrogens (tertiary/aromatic N) is 4. The second-order valence-electron chi connectivity index (χ2n) is 10.2. The van der Waals surface area contributed by atoms with E-state index in [4.69, 9.17) is 5.10 Å². The van der Waals surface area contributed by atoms with Crippen LogP contribution >= 0.6 is 0 Å². The molecule has 0 spiro atoms. The number of benzene rings is 1. The van der Waals surface area contributed by atoms with E-state index in [1.807, 2.05) is 15.5 Å². The molecule has 4 rings (SSSR count). The molecule has 0 aliphatic carbocycles. The summed E-state index contributed by atoms with van der Waals surface area (Å²) >= 11 is 0. The number of aromatic nitrogens is 3. The highest BCUT2D eigenvalue weighted by Crippen LogP contribution is 2.28. The van der Waals surface area contributed by atoms with Crippen molar-refractivity contribution < 1.29 is 4.79 Å². The van der Waals surface area contributed by atoms with E-state index in [0.717, 1.165) is 49.4 Å². The van der Waals surface area contributed by atoms with Crippen LogP contribution in [0.4, 0.5) is 0 Å². The number of piperidine rings is 1. The van der Waals surface area contributed by atoms with Gasteiger partial charge < -0.3 is 4.90 Å². The first-order chi connectivity index (χ1) is 14.7. The van der Waals surface area contributed by atoms with Crippen LogP contribution in [-0.2, 0) is 11.8 Å². The largest absolute Gasteiger partial charge is 0.339 e. The van der Waals surface area contributed by atoms with Gasteiger partial charge in [0, 0.05) is 30.8 Å². The average molecular weight is 419 g/mol. The van der Waals surface area contributed by atoms with Crippen LogP contribution in [0, 0.1) is 5.92 Å². The van der Waals surface area contributed by atoms with Crippen LogP contribution in [0.5, 0.6) is 0 Å². The minimum atomic E-state index is -0.0627. The summed E-state index contributed by atoms with van der Waals surface area (Å²) in [5.41, 5.74) is 4.77. The van der Waals surface area contributed by atoms with Crippen molar-refractivity contribution in [2.75, 3.05) is 13.1 Å². The predicted octanol–water partition coefficient (Wildman–Crippen LogP) is 5.25. The Morgan fingerprint density at radius 3 is 2.42 bits per heavy atom. The van der Waals surface area contributed by atoms with Gasteiger partial charge in [-0.1, -0.05) is 65.0 Å². The summed E-state index contributed by atoms with van der Waals surface area (Å²) in [5, 5.41) is 4.84. The van der Waals surface area contributed by atoms with Crippen molar-refractivity contribution in [3.8, 4) is 0 Å². The third kappa shape index (κ3) is 4.51. The Kier molecular flexibility index (Phi) is 5.87. The van der Waals surface area contributed by atoms with E-state index >= 15 is 0 Å². The molecule has 0 atom stereocenters.